The van der Waals surface area contributed by atoms with E-state index in [-0.39, 0.29) is 0 Å². The Hall–Kier alpha value is -7.21. The molecule has 0 radical (unpaired) electrons. The van der Waals surface area contributed by atoms with E-state index in [1.54, 1.807) is 11.3 Å². The van der Waals surface area contributed by atoms with Gasteiger partial charge in [0, 0.05) is 47.6 Å². The summed E-state index contributed by atoms with van der Waals surface area (Å²) < 4.78 is 8.70. The molecule has 0 bridgehead atoms. The molecule has 0 fully saturated rings. The van der Waals surface area contributed by atoms with Crippen LogP contribution in [-0.2, 0) is 0 Å². The topological polar surface area (TPSA) is 51.8 Å². The third-order valence-electron chi connectivity index (χ3n) is 11.1. The molecular formula is C51H29N3OS. The van der Waals surface area contributed by atoms with Crippen LogP contribution >= 0.6 is 11.3 Å². The summed E-state index contributed by atoms with van der Waals surface area (Å²) in [6, 6.07) is 62.3. The molecule has 9 aromatic carbocycles. The van der Waals surface area contributed by atoms with E-state index >= 15 is 0 Å². The first-order chi connectivity index (χ1) is 27.7. The minimum Gasteiger partial charge on any atom is -0.456 e. The molecule has 0 atom stereocenters. The Kier molecular flexibility index (Phi) is 6.76. The molecule has 0 spiro atoms. The fourth-order valence-electron chi connectivity index (χ4n) is 8.49. The molecule has 5 heteroatoms. The Labute approximate surface area is 325 Å². The van der Waals surface area contributed by atoms with Crippen LogP contribution in [0.2, 0.25) is 0 Å². The Bertz CT molecular complexity index is 3550. The molecule has 260 valence electrons. The van der Waals surface area contributed by atoms with Gasteiger partial charge in [-0.2, -0.15) is 0 Å². The first kappa shape index (κ1) is 31.2. The smallest absolute Gasteiger partial charge is 0.164 e. The van der Waals surface area contributed by atoms with Gasteiger partial charge in [0.2, 0.25) is 0 Å². The van der Waals surface area contributed by atoms with E-state index in [2.05, 4.69) is 133 Å². The standard InChI is InChI=1S/C51H29N3OS/c1-2-12-31(13-3-1)49-52-50(33-22-25-39-38-17-8-9-19-44(38)55-45(39)28-33)54-51(53-49)40-18-10-20-47-48(40)43-27-32(23-26-46(43)56-47)41-29-42-34-14-5-4-11-30(34)21-24-37(42)35-15-6-7-16-36(35)41/h1-29H. The molecule has 0 saturated heterocycles. The summed E-state index contributed by atoms with van der Waals surface area (Å²) in [5, 5.41) is 12.0. The normalized spacial score (nSPS) is 11.9. The van der Waals surface area contributed by atoms with Gasteiger partial charge in [0.25, 0.3) is 0 Å². The molecule has 0 aliphatic carbocycles. The lowest BCUT2D eigenvalue weighted by molar-refractivity contribution is 0.669. The van der Waals surface area contributed by atoms with Crippen LogP contribution in [0.1, 0.15) is 0 Å². The van der Waals surface area contributed by atoms with Crippen molar-refractivity contribution in [3.05, 3.63) is 176 Å². The minimum absolute atomic E-state index is 0.600. The average Bonchev–Trinajstić information content (AvgIpc) is 3.84. The van der Waals surface area contributed by atoms with Crippen molar-refractivity contribution in [1.82, 2.24) is 15.0 Å². The van der Waals surface area contributed by atoms with E-state index in [1.165, 1.54) is 58.2 Å². The van der Waals surface area contributed by atoms with Gasteiger partial charge in [-0.15, -0.1) is 11.3 Å². The minimum atomic E-state index is 0.600. The largest absolute Gasteiger partial charge is 0.456 e. The molecule has 3 aromatic heterocycles. The summed E-state index contributed by atoms with van der Waals surface area (Å²) in [6.45, 7) is 0. The highest BCUT2D eigenvalue weighted by Crippen LogP contribution is 2.44. The maximum Gasteiger partial charge on any atom is 0.164 e. The summed E-state index contributed by atoms with van der Waals surface area (Å²) in [7, 11) is 0. The number of hydrogen-bond acceptors (Lipinski definition) is 5. The number of aromatic nitrogens is 3. The maximum absolute atomic E-state index is 6.29. The Balaban J connectivity index is 1.08. The fraction of sp³-hybridized carbons (Fsp3) is 0. The lowest BCUT2D eigenvalue weighted by atomic mass is 9.90. The van der Waals surface area contributed by atoms with Crippen LogP contribution in [0.15, 0.2) is 180 Å². The quantitative estimate of drug-likeness (QED) is 0.169. The number of rotatable bonds is 4. The van der Waals surface area contributed by atoms with Crippen LogP contribution in [0.25, 0.3) is 120 Å². The SMILES string of the molecule is c1ccc(-c2nc(-c3ccc4c(c3)oc3ccccc34)nc(-c3cccc4sc5ccc(-c6cc7c8ccccc8ccc7c7ccccc67)cc5c34)n2)cc1. The van der Waals surface area contributed by atoms with Gasteiger partial charge >= 0.3 is 0 Å². The van der Waals surface area contributed by atoms with Gasteiger partial charge in [0.15, 0.2) is 17.5 Å². The van der Waals surface area contributed by atoms with E-state index < -0.39 is 0 Å². The van der Waals surface area contributed by atoms with Gasteiger partial charge in [0.1, 0.15) is 11.2 Å². The van der Waals surface area contributed by atoms with E-state index in [9.17, 15) is 0 Å². The van der Waals surface area contributed by atoms with E-state index in [4.69, 9.17) is 19.4 Å². The Morgan fingerprint density at radius 3 is 1.91 bits per heavy atom. The van der Waals surface area contributed by atoms with Crippen molar-refractivity contribution in [3.8, 4) is 45.3 Å². The molecule has 0 unspecified atom stereocenters. The second kappa shape index (κ2) is 12.2. The van der Waals surface area contributed by atoms with Crippen molar-refractivity contribution in [3.63, 3.8) is 0 Å². The van der Waals surface area contributed by atoms with Crippen molar-refractivity contribution in [2.75, 3.05) is 0 Å². The molecule has 0 saturated carbocycles. The highest BCUT2D eigenvalue weighted by Gasteiger charge is 2.19. The zero-order valence-electron chi connectivity index (χ0n) is 29.9. The molecule has 0 aliphatic heterocycles. The molecule has 4 nitrogen and oxygen atoms in total. The van der Waals surface area contributed by atoms with Crippen LogP contribution in [0.4, 0.5) is 0 Å². The van der Waals surface area contributed by atoms with Gasteiger partial charge in [0.05, 0.1) is 0 Å². The number of fused-ring (bicyclic) bond motifs is 11. The average molecular weight is 732 g/mol. The van der Waals surface area contributed by atoms with E-state index in [1.807, 2.05) is 42.5 Å². The Morgan fingerprint density at radius 2 is 1.02 bits per heavy atom. The molecule has 56 heavy (non-hydrogen) atoms. The number of nitrogens with zero attached hydrogens (tertiary/aromatic N) is 3. The zero-order valence-corrected chi connectivity index (χ0v) is 30.7. The van der Waals surface area contributed by atoms with E-state index in [0.29, 0.717) is 17.5 Å². The number of hydrogen-bond donors (Lipinski definition) is 0. The molecule has 0 amide bonds. The number of thiophene rings is 1. The van der Waals surface area contributed by atoms with Gasteiger partial charge in [-0.05, 0) is 85.9 Å². The first-order valence-electron chi connectivity index (χ1n) is 18.8. The first-order valence-corrected chi connectivity index (χ1v) is 19.6. The predicted molar refractivity (Wildman–Crippen MR) is 234 cm³/mol. The van der Waals surface area contributed by atoms with Crippen molar-refractivity contribution in [2.24, 2.45) is 0 Å². The third kappa shape index (κ3) is 4.81. The summed E-state index contributed by atoms with van der Waals surface area (Å²) in [4.78, 5) is 15.5. The second-order valence-corrected chi connectivity index (χ2v) is 15.4. The summed E-state index contributed by atoms with van der Waals surface area (Å²) in [5.41, 5.74) is 6.85. The molecule has 12 rings (SSSR count). The lowest BCUT2D eigenvalue weighted by Gasteiger charge is -2.13. The van der Waals surface area contributed by atoms with Gasteiger partial charge in [-0.1, -0.05) is 133 Å². The van der Waals surface area contributed by atoms with Gasteiger partial charge < -0.3 is 4.42 Å². The maximum atomic E-state index is 6.29. The van der Waals surface area contributed by atoms with Crippen molar-refractivity contribution in [2.45, 2.75) is 0 Å². The van der Waals surface area contributed by atoms with Crippen LogP contribution in [0.3, 0.4) is 0 Å². The number of benzene rings is 9. The highest BCUT2D eigenvalue weighted by atomic mass is 32.1. The fourth-order valence-corrected chi connectivity index (χ4v) is 9.60. The van der Waals surface area contributed by atoms with Crippen molar-refractivity contribution < 1.29 is 4.42 Å². The number of furan rings is 1. The molecule has 0 aliphatic rings. The van der Waals surface area contributed by atoms with Gasteiger partial charge in [-0.25, -0.2) is 15.0 Å². The van der Waals surface area contributed by atoms with Crippen LogP contribution < -0.4 is 0 Å². The summed E-state index contributed by atoms with van der Waals surface area (Å²) in [6.07, 6.45) is 0. The van der Waals surface area contributed by atoms with Crippen LogP contribution in [0.5, 0.6) is 0 Å². The predicted octanol–water partition coefficient (Wildman–Crippen LogP) is 14.3. The van der Waals surface area contributed by atoms with Gasteiger partial charge in [-0.3, -0.25) is 0 Å². The summed E-state index contributed by atoms with van der Waals surface area (Å²) in [5.74, 6) is 1.86. The third-order valence-corrected chi connectivity index (χ3v) is 12.3. The van der Waals surface area contributed by atoms with Crippen molar-refractivity contribution in [1.29, 1.82) is 0 Å². The molecule has 12 aromatic rings. The zero-order chi connectivity index (χ0) is 36.7. The van der Waals surface area contributed by atoms with E-state index in [0.717, 1.165) is 44.0 Å². The van der Waals surface area contributed by atoms with Crippen molar-refractivity contribution >= 4 is 85.8 Å². The molecule has 3 heterocycles. The number of para-hydroxylation sites is 1. The summed E-state index contributed by atoms with van der Waals surface area (Å²) >= 11 is 1.80. The lowest BCUT2D eigenvalue weighted by Crippen LogP contribution is -2.00. The molecule has 0 N–H and O–H groups in total. The Morgan fingerprint density at radius 1 is 0.339 bits per heavy atom. The van der Waals surface area contributed by atoms with Crippen LogP contribution in [-0.4, -0.2) is 15.0 Å². The monoisotopic (exact) mass is 731 g/mol. The molecular weight excluding hydrogens is 703 g/mol. The second-order valence-electron chi connectivity index (χ2n) is 14.3. The highest BCUT2D eigenvalue weighted by molar-refractivity contribution is 7.26. The van der Waals surface area contributed by atoms with Crippen LogP contribution in [0, 0.1) is 0 Å².